The molecule has 2 saturated heterocycles. The molecule has 7 heteroatoms. The Kier molecular flexibility index (Phi) is 6.28. The summed E-state index contributed by atoms with van der Waals surface area (Å²) in [6.45, 7) is 7.02. The van der Waals surface area contributed by atoms with Gasteiger partial charge >= 0.3 is 5.97 Å². The van der Waals surface area contributed by atoms with Crippen LogP contribution in [0.1, 0.15) is 58.8 Å². The fraction of sp³-hybridized carbons (Fsp3) is 0.818. The van der Waals surface area contributed by atoms with E-state index in [0.717, 1.165) is 36.8 Å². The van der Waals surface area contributed by atoms with E-state index in [4.69, 9.17) is 0 Å². The topological polar surface area (TPSA) is 81.1 Å². The average molecular weight is 423 g/mol. The lowest BCUT2D eigenvalue weighted by molar-refractivity contribution is -0.163. The summed E-state index contributed by atoms with van der Waals surface area (Å²) in [5.41, 5.74) is 0.166. The summed E-state index contributed by atoms with van der Waals surface area (Å²) in [5, 5.41) is 20.2. The summed E-state index contributed by atoms with van der Waals surface area (Å²) in [5.74, 6) is -0.907. The van der Waals surface area contributed by atoms with Crippen LogP contribution in [0.15, 0.2) is 10.6 Å². The molecule has 4 aliphatic rings. The molecule has 0 aromatic heterocycles. The number of fused-ring (bicyclic) bond motifs is 1. The van der Waals surface area contributed by atoms with Gasteiger partial charge in [-0.05, 0) is 51.6 Å². The number of aliphatic carboxylic acids is 1. The van der Waals surface area contributed by atoms with Crippen LogP contribution in [0.4, 0.5) is 0 Å². The minimum absolute atomic E-state index is 0.0244. The number of carboxylic acids is 1. The molecule has 0 spiro atoms. The van der Waals surface area contributed by atoms with Gasteiger partial charge in [-0.25, -0.2) is 4.79 Å². The maximum atomic E-state index is 12.5. The van der Waals surface area contributed by atoms with Gasteiger partial charge in [0.05, 0.1) is 18.1 Å². The van der Waals surface area contributed by atoms with Crippen LogP contribution in [-0.2, 0) is 9.59 Å². The van der Waals surface area contributed by atoms with E-state index >= 15 is 0 Å². The highest BCUT2D eigenvalue weighted by Gasteiger charge is 2.60. The van der Waals surface area contributed by atoms with Gasteiger partial charge in [0.25, 0.3) is 0 Å². The maximum absolute atomic E-state index is 12.5. The number of rotatable bonds is 6. The van der Waals surface area contributed by atoms with Crippen LogP contribution in [0, 0.1) is 17.8 Å². The number of nitrogens with zero attached hydrogens (tertiary/aromatic N) is 2. The Morgan fingerprint density at radius 2 is 1.83 bits per heavy atom. The lowest BCUT2D eigenvalue weighted by Gasteiger charge is -2.46. The molecule has 0 radical (unpaired) electrons. The molecule has 29 heavy (non-hydrogen) atoms. The van der Waals surface area contributed by atoms with E-state index in [1.807, 2.05) is 6.92 Å². The number of likely N-dealkylation sites (tertiary alicyclic amines) is 1. The third-order valence-corrected chi connectivity index (χ3v) is 9.00. The van der Waals surface area contributed by atoms with Gasteiger partial charge in [-0.2, -0.15) is 0 Å². The van der Waals surface area contributed by atoms with Gasteiger partial charge in [-0.1, -0.05) is 26.2 Å². The molecule has 4 rings (SSSR count). The summed E-state index contributed by atoms with van der Waals surface area (Å²) >= 11 is 1.68. The van der Waals surface area contributed by atoms with Crippen molar-refractivity contribution < 1.29 is 19.8 Å². The molecular formula is C22H34N2O4S. The van der Waals surface area contributed by atoms with Gasteiger partial charge in [0.2, 0.25) is 5.91 Å². The Morgan fingerprint density at radius 3 is 2.41 bits per heavy atom. The van der Waals surface area contributed by atoms with E-state index in [-0.39, 0.29) is 23.6 Å². The average Bonchev–Trinajstić information content (AvgIpc) is 2.93. The predicted molar refractivity (Wildman–Crippen MR) is 113 cm³/mol. The molecule has 6 nitrogen and oxygen atoms in total. The number of hydrogen-bond donors (Lipinski definition) is 2. The quantitative estimate of drug-likeness (QED) is 0.641. The van der Waals surface area contributed by atoms with Crippen LogP contribution in [0.3, 0.4) is 0 Å². The number of β-lactam (4-membered cyclic amide) rings is 1. The van der Waals surface area contributed by atoms with Crippen molar-refractivity contribution in [3.05, 3.63) is 10.6 Å². The number of aliphatic hydroxyl groups is 1. The molecule has 1 saturated carbocycles. The molecule has 3 aliphatic heterocycles. The lowest BCUT2D eigenvalue weighted by atomic mass is 9.79. The fourth-order valence-electron chi connectivity index (χ4n) is 5.80. The number of amides is 1. The van der Waals surface area contributed by atoms with Crippen LogP contribution >= 0.6 is 11.8 Å². The van der Waals surface area contributed by atoms with E-state index in [9.17, 15) is 19.8 Å². The number of carboxylic acid groups (broad SMARTS) is 1. The van der Waals surface area contributed by atoms with Gasteiger partial charge in [0.15, 0.2) is 0 Å². The number of carbonyl (C=O) groups is 2. The molecule has 0 bridgehead atoms. The Labute approximate surface area is 177 Å². The molecule has 0 aromatic carbocycles. The first-order valence-electron chi connectivity index (χ1n) is 11.3. The third-order valence-electron chi connectivity index (χ3n) is 7.38. The highest BCUT2D eigenvalue weighted by Crippen LogP contribution is 2.52. The van der Waals surface area contributed by atoms with Gasteiger partial charge in [0.1, 0.15) is 5.70 Å². The molecule has 2 N–H and O–H groups in total. The fourth-order valence-corrected chi connectivity index (χ4v) is 7.26. The van der Waals surface area contributed by atoms with E-state index in [0.29, 0.717) is 5.25 Å². The zero-order valence-electron chi connectivity index (χ0n) is 17.5. The summed E-state index contributed by atoms with van der Waals surface area (Å²) < 4.78 is 0. The Hall–Kier alpha value is -1.05. The van der Waals surface area contributed by atoms with Crippen molar-refractivity contribution in [1.82, 2.24) is 9.80 Å². The first kappa shape index (κ1) is 21.2. The van der Waals surface area contributed by atoms with Crippen LogP contribution in [0.5, 0.6) is 0 Å². The van der Waals surface area contributed by atoms with Crippen molar-refractivity contribution >= 4 is 23.6 Å². The van der Waals surface area contributed by atoms with Gasteiger partial charge in [-0.3, -0.25) is 4.79 Å². The van der Waals surface area contributed by atoms with Crippen molar-refractivity contribution in [2.24, 2.45) is 17.8 Å². The summed E-state index contributed by atoms with van der Waals surface area (Å²) in [6, 6.07) is -0.206. The molecular weight excluding hydrogens is 388 g/mol. The second kappa shape index (κ2) is 8.60. The van der Waals surface area contributed by atoms with E-state index in [1.54, 1.807) is 18.7 Å². The van der Waals surface area contributed by atoms with Crippen LogP contribution in [-0.4, -0.2) is 68.9 Å². The van der Waals surface area contributed by atoms with Gasteiger partial charge in [-0.15, -0.1) is 11.8 Å². The second-order valence-corrected chi connectivity index (χ2v) is 10.7. The molecule has 1 amide bonds. The predicted octanol–water partition coefficient (Wildman–Crippen LogP) is 2.92. The normalized spacial score (nSPS) is 33.0. The highest BCUT2D eigenvalue weighted by molar-refractivity contribution is 8.03. The molecule has 162 valence electrons. The molecule has 1 aliphatic carbocycles. The Bertz CT molecular complexity index is 680. The number of hydrogen-bond acceptors (Lipinski definition) is 5. The number of carbonyl (C=O) groups excluding carboxylic acids is 1. The van der Waals surface area contributed by atoms with Crippen LogP contribution in [0.2, 0.25) is 0 Å². The third kappa shape index (κ3) is 3.98. The monoisotopic (exact) mass is 422 g/mol. The van der Waals surface area contributed by atoms with E-state index in [1.165, 1.54) is 43.5 Å². The minimum atomic E-state index is -1.02. The first-order valence-corrected chi connectivity index (χ1v) is 12.1. The SMILES string of the molecule is C[C@@H](O)[C@H]1C(=O)N2C(C(=O)O)=C(SC3CCN(CC4CCCCC4)CC3)[C@H](C)[C@H]12. The first-order chi connectivity index (χ1) is 13.9. The lowest BCUT2D eigenvalue weighted by Crippen LogP contribution is -2.63. The number of aliphatic hydroxyl groups excluding tert-OH is 1. The Balaban J connectivity index is 1.38. The van der Waals surface area contributed by atoms with Gasteiger partial charge < -0.3 is 20.0 Å². The summed E-state index contributed by atoms with van der Waals surface area (Å²) in [6.07, 6.45) is 8.29. The zero-order chi connectivity index (χ0) is 20.7. The van der Waals surface area contributed by atoms with E-state index < -0.39 is 18.0 Å². The van der Waals surface area contributed by atoms with Crippen molar-refractivity contribution in [3.63, 3.8) is 0 Å². The van der Waals surface area contributed by atoms with Crippen molar-refractivity contribution in [2.75, 3.05) is 19.6 Å². The van der Waals surface area contributed by atoms with Gasteiger partial charge in [0, 0.05) is 22.6 Å². The standard InChI is InChI=1S/C22H34N2O4S/c1-13-18-17(14(2)25)21(26)24(18)19(22(27)28)20(13)29-16-8-10-23(11-9-16)12-15-6-4-3-5-7-15/h13-18,25H,3-12H2,1-2H3,(H,27,28)/t13-,14-,17-,18-/m1/s1. The molecule has 4 atom stereocenters. The van der Waals surface area contributed by atoms with Crippen molar-refractivity contribution in [2.45, 2.75) is 76.2 Å². The van der Waals surface area contributed by atoms with E-state index in [2.05, 4.69) is 4.90 Å². The second-order valence-electron chi connectivity index (χ2n) is 9.39. The Morgan fingerprint density at radius 1 is 1.17 bits per heavy atom. The zero-order valence-corrected chi connectivity index (χ0v) is 18.4. The summed E-state index contributed by atoms with van der Waals surface area (Å²) in [7, 11) is 0. The smallest absolute Gasteiger partial charge is 0.353 e. The molecule has 3 heterocycles. The largest absolute Gasteiger partial charge is 0.477 e. The molecule has 0 unspecified atom stereocenters. The maximum Gasteiger partial charge on any atom is 0.353 e. The highest BCUT2D eigenvalue weighted by atomic mass is 32.2. The van der Waals surface area contributed by atoms with Crippen molar-refractivity contribution in [3.8, 4) is 0 Å². The molecule has 3 fully saturated rings. The van der Waals surface area contributed by atoms with Crippen molar-refractivity contribution in [1.29, 1.82) is 0 Å². The number of thioether (sulfide) groups is 1. The summed E-state index contributed by atoms with van der Waals surface area (Å²) in [4.78, 5) is 29.3. The minimum Gasteiger partial charge on any atom is -0.477 e. The molecule has 0 aromatic rings. The van der Waals surface area contributed by atoms with Crippen LogP contribution < -0.4 is 0 Å². The van der Waals surface area contributed by atoms with Crippen LogP contribution in [0.25, 0.3) is 0 Å². The number of piperidine rings is 1.